The molecule has 1 heterocycles. The van der Waals surface area contributed by atoms with Gasteiger partial charge < -0.3 is 15.0 Å². The van der Waals surface area contributed by atoms with E-state index in [4.69, 9.17) is 27.9 Å². The number of carbonyl (C=O) groups excluding carboxylic acids is 3. The SMILES string of the molecule is Cc1ccc(N2C[C@@H](C(=O)OCC(=O)Nc3ccc(Br)cc3Cl)CC2=O)cc1Cl. The molecule has 2 aromatic rings. The summed E-state index contributed by atoms with van der Waals surface area (Å²) in [5.74, 6) is -1.96. The summed E-state index contributed by atoms with van der Waals surface area (Å²) < 4.78 is 5.87. The molecule has 1 N–H and O–H groups in total. The maximum absolute atomic E-state index is 12.3. The first-order chi connectivity index (χ1) is 13.7. The summed E-state index contributed by atoms with van der Waals surface area (Å²) in [6.45, 7) is 1.58. The second-order valence-corrected chi connectivity index (χ2v) is 8.35. The molecule has 0 spiro atoms. The van der Waals surface area contributed by atoms with Crippen LogP contribution in [0.2, 0.25) is 10.0 Å². The van der Waals surface area contributed by atoms with Crippen molar-refractivity contribution in [3.63, 3.8) is 0 Å². The van der Waals surface area contributed by atoms with Crippen LogP contribution in [0.5, 0.6) is 0 Å². The van der Waals surface area contributed by atoms with E-state index in [1.807, 2.05) is 13.0 Å². The minimum absolute atomic E-state index is 0.0183. The van der Waals surface area contributed by atoms with Gasteiger partial charge in [0.2, 0.25) is 5.91 Å². The van der Waals surface area contributed by atoms with Gasteiger partial charge in [-0.15, -0.1) is 0 Å². The van der Waals surface area contributed by atoms with Crippen molar-refractivity contribution in [1.82, 2.24) is 0 Å². The van der Waals surface area contributed by atoms with Crippen molar-refractivity contribution in [1.29, 1.82) is 0 Å². The molecular formula is C20H17BrCl2N2O4. The first-order valence-electron chi connectivity index (χ1n) is 8.72. The lowest BCUT2D eigenvalue weighted by Crippen LogP contribution is -2.28. The molecule has 3 rings (SSSR count). The molecule has 0 aliphatic carbocycles. The molecule has 1 aliphatic rings. The van der Waals surface area contributed by atoms with E-state index in [-0.39, 0.29) is 18.9 Å². The molecule has 29 heavy (non-hydrogen) atoms. The Morgan fingerprint density at radius 3 is 2.66 bits per heavy atom. The van der Waals surface area contributed by atoms with E-state index in [1.165, 1.54) is 4.90 Å². The van der Waals surface area contributed by atoms with Crippen molar-refractivity contribution in [3.05, 3.63) is 56.5 Å². The maximum atomic E-state index is 12.3. The fourth-order valence-corrected chi connectivity index (χ4v) is 3.79. The normalized spacial score (nSPS) is 16.1. The molecule has 152 valence electrons. The minimum atomic E-state index is -0.647. The third-order valence-electron chi connectivity index (χ3n) is 4.48. The number of amides is 2. The van der Waals surface area contributed by atoms with E-state index in [1.54, 1.807) is 30.3 Å². The van der Waals surface area contributed by atoms with Crippen LogP contribution in [0.1, 0.15) is 12.0 Å². The van der Waals surface area contributed by atoms with Crippen molar-refractivity contribution >= 4 is 68.3 Å². The number of benzene rings is 2. The fourth-order valence-electron chi connectivity index (χ4n) is 2.90. The topological polar surface area (TPSA) is 75.7 Å². The number of aryl methyl sites for hydroxylation is 1. The largest absolute Gasteiger partial charge is 0.455 e. The minimum Gasteiger partial charge on any atom is -0.455 e. The number of ether oxygens (including phenoxy) is 1. The number of hydrogen-bond donors (Lipinski definition) is 1. The van der Waals surface area contributed by atoms with Crippen molar-refractivity contribution in [2.45, 2.75) is 13.3 Å². The van der Waals surface area contributed by atoms with Crippen molar-refractivity contribution in [3.8, 4) is 0 Å². The highest BCUT2D eigenvalue weighted by Gasteiger charge is 2.36. The summed E-state index contributed by atoms with van der Waals surface area (Å²) in [5.41, 5.74) is 1.94. The van der Waals surface area contributed by atoms with Gasteiger partial charge in [-0.05, 0) is 42.8 Å². The van der Waals surface area contributed by atoms with Crippen LogP contribution in [0.15, 0.2) is 40.9 Å². The fraction of sp³-hybridized carbons (Fsp3) is 0.250. The monoisotopic (exact) mass is 498 g/mol. The molecule has 2 amide bonds. The third-order valence-corrected chi connectivity index (χ3v) is 5.69. The number of nitrogens with zero attached hydrogens (tertiary/aromatic N) is 1. The van der Waals surface area contributed by atoms with Gasteiger partial charge in [-0.2, -0.15) is 0 Å². The molecule has 2 aromatic carbocycles. The molecule has 9 heteroatoms. The second kappa shape index (κ2) is 9.15. The smallest absolute Gasteiger partial charge is 0.311 e. The molecule has 0 aromatic heterocycles. The lowest BCUT2D eigenvalue weighted by Gasteiger charge is -2.17. The van der Waals surface area contributed by atoms with E-state index >= 15 is 0 Å². The van der Waals surface area contributed by atoms with Gasteiger partial charge in [-0.1, -0.05) is 45.2 Å². The van der Waals surface area contributed by atoms with Gasteiger partial charge in [-0.3, -0.25) is 14.4 Å². The summed E-state index contributed by atoms with van der Waals surface area (Å²) in [6.07, 6.45) is 0.0183. The van der Waals surface area contributed by atoms with Gasteiger partial charge in [0.25, 0.3) is 5.91 Å². The van der Waals surface area contributed by atoms with Crippen LogP contribution in [0.25, 0.3) is 0 Å². The predicted molar refractivity (Wildman–Crippen MR) is 115 cm³/mol. The lowest BCUT2D eigenvalue weighted by molar-refractivity contribution is -0.151. The van der Waals surface area contributed by atoms with Gasteiger partial charge in [0.05, 0.1) is 16.6 Å². The van der Waals surface area contributed by atoms with Crippen LogP contribution in [-0.2, 0) is 19.1 Å². The molecule has 0 radical (unpaired) electrons. The molecule has 1 saturated heterocycles. The summed E-state index contributed by atoms with van der Waals surface area (Å²) in [5, 5.41) is 3.48. The van der Waals surface area contributed by atoms with Crippen molar-refractivity contribution in [2.75, 3.05) is 23.4 Å². The number of carbonyl (C=O) groups is 3. The summed E-state index contributed by atoms with van der Waals surface area (Å²) in [4.78, 5) is 38.2. The van der Waals surface area contributed by atoms with Crippen LogP contribution < -0.4 is 10.2 Å². The highest BCUT2D eigenvalue weighted by Crippen LogP contribution is 2.29. The Balaban J connectivity index is 1.55. The Kier molecular flexibility index (Phi) is 6.82. The molecule has 0 bridgehead atoms. The number of rotatable bonds is 5. The highest BCUT2D eigenvalue weighted by atomic mass is 79.9. The van der Waals surface area contributed by atoms with Crippen molar-refractivity contribution in [2.24, 2.45) is 5.92 Å². The Morgan fingerprint density at radius 2 is 1.97 bits per heavy atom. The van der Waals surface area contributed by atoms with Gasteiger partial charge >= 0.3 is 5.97 Å². The van der Waals surface area contributed by atoms with Crippen LogP contribution in [0.4, 0.5) is 11.4 Å². The molecule has 1 aliphatic heterocycles. The van der Waals surface area contributed by atoms with Gasteiger partial charge in [0.1, 0.15) is 0 Å². The van der Waals surface area contributed by atoms with Crippen LogP contribution in [-0.4, -0.2) is 30.9 Å². The summed E-state index contributed by atoms with van der Waals surface area (Å²) in [7, 11) is 0. The Morgan fingerprint density at radius 1 is 1.21 bits per heavy atom. The molecule has 1 atom stereocenters. The van der Waals surface area contributed by atoms with Crippen LogP contribution in [0.3, 0.4) is 0 Å². The third kappa shape index (κ3) is 5.29. The second-order valence-electron chi connectivity index (χ2n) is 6.62. The highest BCUT2D eigenvalue weighted by molar-refractivity contribution is 9.10. The van der Waals surface area contributed by atoms with E-state index in [0.29, 0.717) is 21.4 Å². The zero-order valence-electron chi connectivity index (χ0n) is 15.4. The van der Waals surface area contributed by atoms with Gasteiger partial charge in [-0.25, -0.2) is 0 Å². The van der Waals surface area contributed by atoms with Crippen LogP contribution in [0, 0.1) is 12.8 Å². The van der Waals surface area contributed by atoms with Gasteiger partial charge in [0, 0.05) is 28.1 Å². The van der Waals surface area contributed by atoms with Crippen molar-refractivity contribution < 1.29 is 19.1 Å². The maximum Gasteiger partial charge on any atom is 0.311 e. The van der Waals surface area contributed by atoms with Gasteiger partial charge in [0.15, 0.2) is 6.61 Å². The zero-order chi connectivity index (χ0) is 21.1. The molecular weight excluding hydrogens is 483 g/mol. The average Bonchev–Trinajstić information content (AvgIpc) is 3.06. The quantitative estimate of drug-likeness (QED) is 0.610. The predicted octanol–water partition coefficient (Wildman–Crippen LogP) is 4.60. The Labute approximate surface area is 186 Å². The first-order valence-corrected chi connectivity index (χ1v) is 10.3. The molecule has 6 nitrogen and oxygen atoms in total. The van der Waals surface area contributed by atoms with E-state index < -0.39 is 24.4 Å². The molecule has 0 unspecified atom stereocenters. The Bertz CT molecular complexity index is 983. The number of esters is 1. The number of hydrogen-bond acceptors (Lipinski definition) is 4. The lowest BCUT2D eigenvalue weighted by atomic mass is 10.1. The summed E-state index contributed by atoms with van der Waals surface area (Å²) in [6, 6.07) is 10.3. The van der Waals surface area contributed by atoms with E-state index in [0.717, 1.165) is 10.0 Å². The van der Waals surface area contributed by atoms with E-state index in [2.05, 4.69) is 21.2 Å². The average molecular weight is 500 g/mol. The first kappa shape index (κ1) is 21.6. The standard InChI is InChI=1S/C20H17BrCl2N2O4/c1-11-2-4-14(8-15(11)22)25-9-12(6-19(25)27)20(28)29-10-18(26)24-17-5-3-13(21)7-16(17)23/h2-5,7-8,12H,6,9-10H2,1H3,(H,24,26)/t12-/m0/s1. The number of halogens is 3. The number of anilines is 2. The Hall–Kier alpha value is -2.09. The number of nitrogens with one attached hydrogen (secondary N) is 1. The zero-order valence-corrected chi connectivity index (χ0v) is 18.5. The summed E-state index contributed by atoms with van der Waals surface area (Å²) >= 11 is 15.4. The van der Waals surface area contributed by atoms with Crippen LogP contribution >= 0.6 is 39.1 Å². The molecule has 1 fully saturated rings. The molecule has 0 saturated carbocycles. The van der Waals surface area contributed by atoms with E-state index in [9.17, 15) is 14.4 Å².